The number of carbonyl (C=O) groups is 1. The van der Waals surface area contributed by atoms with Gasteiger partial charge in [-0.3, -0.25) is 4.79 Å². The second-order valence-electron chi connectivity index (χ2n) is 5.93. The fraction of sp³-hybridized carbons (Fsp3) is 0.250. The van der Waals surface area contributed by atoms with E-state index in [2.05, 4.69) is 19.2 Å². The highest BCUT2D eigenvalue weighted by atomic mass is 19.1. The summed E-state index contributed by atoms with van der Waals surface area (Å²) in [4.78, 5) is 11.9. The van der Waals surface area contributed by atoms with Gasteiger partial charge in [0.25, 0.3) is 0 Å². The summed E-state index contributed by atoms with van der Waals surface area (Å²) in [6, 6.07) is 13.2. The van der Waals surface area contributed by atoms with Crippen LogP contribution >= 0.6 is 0 Å². The summed E-state index contributed by atoms with van der Waals surface area (Å²) < 4.78 is 18.4. The van der Waals surface area contributed by atoms with E-state index in [4.69, 9.17) is 4.74 Å². The lowest BCUT2D eigenvalue weighted by Gasteiger charge is -2.09. The van der Waals surface area contributed by atoms with Crippen molar-refractivity contribution in [3.8, 4) is 5.75 Å². The quantitative estimate of drug-likeness (QED) is 0.734. The smallest absolute Gasteiger partial charge is 0.248 e. The number of hydrogen-bond acceptors (Lipinski definition) is 2. The van der Waals surface area contributed by atoms with Crippen LogP contribution in [-0.4, -0.2) is 12.5 Å². The highest BCUT2D eigenvalue weighted by Crippen LogP contribution is 2.16. The van der Waals surface area contributed by atoms with Gasteiger partial charge in [-0.05, 0) is 60.4 Å². The molecule has 0 fully saturated rings. The summed E-state index contributed by atoms with van der Waals surface area (Å²) in [6.45, 7) is 4.99. The van der Waals surface area contributed by atoms with Crippen molar-refractivity contribution in [3.63, 3.8) is 0 Å². The third-order valence-corrected chi connectivity index (χ3v) is 3.38. The predicted octanol–water partition coefficient (Wildman–Crippen LogP) is 4.90. The normalized spacial score (nSPS) is 11.0. The van der Waals surface area contributed by atoms with Gasteiger partial charge in [-0.2, -0.15) is 0 Å². The molecule has 0 radical (unpaired) electrons. The number of ether oxygens (including phenoxy) is 1. The number of amides is 1. The lowest BCUT2D eigenvalue weighted by atomic mass is 10.1. The molecule has 3 nitrogen and oxygen atoms in total. The third-order valence-electron chi connectivity index (χ3n) is 3.38. The van der Waals surface area contributed by atoms with E-state index >= 15 is 0 Å². The minimum atomic E-state index is -0.299. The molecule has 1 amide bonds. The molecular formula is C20H22FNO2. The molecule has 2 aromatic carbocycles. The van der Waals surface area contributed by atoms with Crippen molar-refractivity contribution in [1.29, 1.82) is 0 Å². The number of nitrogens with one attached hydrogen (secondary N) is 1. The van der Waals surface area contributed by atoms with Gasteiger partial charge in [0.15, 0.2) is 0 Å². The zero-order chi connectivity index (χ0) is 17.4. The molecule has 0 heterocycles. The van der Waals surface area contributed by atoms with Crippen LogP contribution in [0.4, 0.5) is 10.1 Å². The maximum absolute atomic E-state index is 12.8. The van der Waals surface area contributed by atoms with Crippen LogP contribution in [0.25, 0.3) is 6.08 Å². The Hall–Kier alpha value is -2.62. The predicted molar refractivity (Wildman–Crippen MR) is 95.5 cm³/mol. The Balaban J connectivity index is 1.84. The van der Waals surface area contributed by atoms with Crippen molar-refractivity contribution in [2.45, 2.75) is 20.3 Å². The number of halogens is 1. The molecule has 0 saturated heterocycles. The number of anilines is 1. The van der Waals surface area contributed by atoms with E-state index in [0.717, 1.165) is 17.7 Å². The molecule has 4 heteroatoms. The largest absolute Gasteiger partial charge is 0.494 e. The van der Waals surface area contributed by atoms with Gasteiger partial charge in [0.05, 0.1) is 6.61 Å². The van der Waals surface area contributed by atoms with E-state index < -0.39 is 0 Å². The fourth-order valence-corrected chi connectivity index (χ4v) is 1.98. The summed E-state index contributed by atoms with van der Waals surface area (Å²) in [6.07, 6.45) is 4.06. The van der Waals surface area contributed by atoms with Gasteiger partial charge in [-0.25, -0.2) is 4.39 Å². The van der Waals surface area contributed by atoms with Gasteiger partial charge in [0, 0.05) is 11.8 Å². The lowest BCUT2D eigenvalue weighted by Crippen LogP contribution is -2.07. The van der Waals surface area contributed by atoms with Gasteiger partial charge in [0.2, 0.25) is 5.91 Å². The average molecular weight is 327 g/mol. The summed E-state index contributed by atoms with van der Waals surface area (Å²) in [5.74, 6) is 0.854. The molecule has 0 unspecified atom stereocenters. The summed E-state index contributed by atoms with van der Waals surface area (Å²) >= 11 is 0. The molecule has 1 N–H and O–H groups in total. The van der Waals surface area contributed by atoms with E-state index in [9.17, 15) is 9.18 Å². The van der Waals surface area contributed by atoms with Crippen molar-refractivity contribution >= 4 is 17.7 Å². The second kappa shape index (κ2) is 8.87. The van der Waals surface area contributed by atoms with Crippen LogP contribution in [0, 0.1) is 11.7 Å². The Bertz CT molecular complexity index is 676. The Kier molecular flexibility index (Phi) is 6.55. The number of benzene rings is 2. The van der Waals surface area contributed by atoms with Crippen molar-refractivity contribution in [2.24, 2.45) is 5.92 Å². The molecule has 126 valence electrons. The van der Waals surface area contributed by atoms with Crippen LogP contribution in [0.3, 0.4) is 0 Å². The highest BCUT2D eigenvalue weighted by Gasteiger charge is 2.00. The van der Waals surface area contributed by atoms with Gasteiger partial charge in [-0.15, -0.1) is 0 Å². The molecule has 0 aliphatic rings. The Morgan fingerprint density at radius 2 is 1.79 bits per heavy atom. The van der Waals surface area contributed by atoms with Crippen LogP contribution in [0.5, 0.6) is 5.75 Å². The van der Waals surface area contributed by atoms with Crippen molar-refractivity contribution in [3.05, 3.63) is 66.0 Å². The van der Waals surface area contributed by atoms with Crippen molar-refractivity contribution in [2.75, 3.05) is 11.9 Å². The molecule has 2 rings (SSSR count). The van der Waals surface area contributed by atoms with Crippen LogP contribution in [0.1, 0.15) is 25.8 Å². The molecule has 0 atom stereocenters. The number of hydrogen-bond donors (Lipinski definition) is 1. The SMILES string of the molecule is CC(C)CCOc1ccc(NC(=O)/C=C/c2ccc(F)cc2)cc1. The molecule has 24 heavy (non-hydrogen) atoms. The van der Waals surface area contributed by atoms with E-state index in [0.29, 0.717) is 18.2 Å². The first kappa shape index (κ1) is 17.7. The molecule has 0 aliphatic carbocycles. The van der Waals surface area contributed by atoms with Crippen LogP contribution in [0.2, 0.25) is 0 Å². The lowest BCUT2D eigenvalue weighted by molar-refractivity contribution is -0.111. The Morgan fingerprint density at radius 3 is 2.42 bits per heavy atom. The Labute approximate surface area is 142 Å². The molecule has 0 spiro atoms. The minimum Gasteiger partial charge on any atom is -0.494 e. The molecule has 0 aliphatic heterocycles. The summed E-state index contributed by atoms with van der Waals surface area (Å²) in [7, 11) is 0. The molecule has 0 bridgehead atoms. The van der Waals surface area contributed by atoms with Crippen LogP contribution in [-0.2, 0) is 4.79 Å². The van der Waals surface area contributed by atoms with E-state index in [1.54, 1.807) is 30.3 Å². The molecule has 0 saturated carbocycles. The zero-order valence-corrected chi connectivity index (χ0v) is 14.0. The van der Waals surface area contributed by atoms with Gasteiger partial charge >= 0.3 is 0 Å². The average Bonchev–Trinajstić information content (AvgIpc) is 2.56. The van der Waals surface area contributed by atoms with Crippen molar-refractivity contribution in [1.82, 2.24) is 0 Å². The first-order valence-electron chi connectivity index (χ1n) is 8.00. The van der Waals surface area contributed by atoms with Crippen LogP contribution in [0.15, 0.2) is 54.6 Å². The first-order chi connectivity index (χ1) is 11.5. The fourth-order valence-electron chi connectivity index (χ4n) is 1.98. The number of rotatable bonds is 7. The minimum absolute atomic E-state index is 0.243. The van der Waals surface area contributed by atoms with E-state index in [1.165, 1.54) is 18.2 Å². The third kappa shape index (κ3) is 6.24. The summed E-state index contributed by atoms with van der Waals surface area (Å²) in [5.41, 5.74) is 1.46. The van der Waals surface area contributed by atoms with Gasteiger partial charge in [-0.1, -0.05) is 26.0 Å². The molecule has 2 aromatic rings. The first-order valence-corrected chi connectivity index (χ1v) is 8.00. The molecular weight excluding hydrogens is 305 g/mol. The zero-order valence-electron chi connectivity index (χ0n) is 14.0. The van der Waals surface area contributed by atoms with Crippen molar-refractivity contribution < 1.29 is 13.9 Å². The maximum Gasteiger partial charge on any atom is 0.248 e. The van der Waals surface area contributed by atoms with E-state index in [1.807, 2.05) is 12.1 Å². The Morgan fingerprint density at radius 1 is 1.12 bits per heavy atom. The molecule has 0 aromatic heterocycles. The number of carbonyl (C=O) groups excluding carboxylic acids is 1. The van der Waals surface area contributed by atoms with Crippen LogP contribution < -0.4 is 10.1 Å². The highest BCUT2D eigenvalue weighted by molar-refractivity contribution is 6.01. The second-order valence-corrected chi connectivity index (χ2v) is 5.93. The maximum atomic E-state index is 12.8. The topological polar surface area (TPSA) is 38.3 Å². The monoisotopic (exact) mass is 327 g/mol. The summed E-state index contributed by atoms with van der Waals surface area (Å²) in [5, 5.41) is 2.77. The van der Waals surface area contributed by atoms with E-state index in [-0.39, 0.29) is 11.7 Å². The van der Waals surface area contributed by atoms with Gasteiger partial charge in [0.1, 0.15) is 11.6 Å². The standard InChI is InChI=1S/C20H22FNO2/c1-15(2)13-14-24-19-10-8-18(9-11-19)22-20(23)12-5-16-3-6-17(21)7-4-16/h3-12,15H,13-14H2,1-2H3,(H,22,23)/b12-5+. The van der Waals surface area contributed by atoms with Gasteiger partial charge < -0.3 is 10.1 Å².